The second-order valence-electron chi connectivity index (χ2n) is 8.54. The molecule has 4 atom stereocenters. The third kappa shape index (κ3) is 3.20. The van der Waals surface area contributed by atoms with Crippen LogP contribution in [0.5, 0.6) is 5.75 Å². The van der Waals surface area contributed by atoms with Crippen LogP contribution in [0.4, 0.5) is 0 Å². The fourth-order valence-electron chi connectivity index (χ4n) is 5.72. The molecule has 2 fully saturated rings. The molecule has 4 heteroatoms. The Morgan fingerprint density at radius 2 is 1.79 bits per heavy atom. The molecular formula is C24H28N2O2. The van der Waals surface area contributed by atoms with E-state index in [0.717, 1.165) is 18.6 Å². The Hall–Kier alpha value is -2.33. The maximum atomic E-state index is 11.4. The topological polar surface area (TPSA) is 55.6 Å². The fraction of sp³-hybridized carbons (Fsp3) is 0.458. The van der Waals surface area contributed by atoms with Gasteiger partial charge in [0.05, 0.1) is 0 Å². The van der Waals surface area contributed by atoms with Crippen LogP contribution in [-0.4, -0.2) is 29.0 Å². The van der Waals surface area contributed by atoms with Crippen molar-refractivity contribution in [3.05, 3.63) is 65.2 Å². The van der Waals surface area contributed by atoms with Crippen molar-refractivity contribution in [1.82, 2.24) is 4.90 Å². The maximum Gasteiger partial charge on any atom is 0.248 e. The van der Waals surface area contributed by atoms with Gasteiger partial charge in [-0.2, -0.15) is 0 Å². The summed E-state index contributed by atoms with van der Waals surface area (Å²) in [5.41, 5.74) is 9.02. The van der Waals surface area contributed by atoms with Crippen molar-refractivity contribution in [3.63, 3.8) is 0 Å². The lowest BCUT2D eigenvalue weighted by Crippen LogP contribution is -2.48. The first-order valence-electron chi connectivity index (χ1n) is 10.6. The standard InChI is InChI=1S/C24H28N2O2/c25-24(27)17-7-3-8-20(13-17)28-21-14-18-11-12-19(15-21)26(18)23-10-4-6-16-5-1-2-9-22(16)23/h1-3,5,7-9,13,18-19,21,23H,4,6,10-12,14-15H2,(H2,25,27)/t18-,19+,21?,23?. The van der Waals surface area contributed by atoms with Crippen molar-refractivity contribution < 1.29 is 9.53 Å². The van der Waals surface area contributed by atoms with E-state index in [0.29, 0.717) is 23.7 Å². The molecule has 4 nitrogen and oxygen atoms in total. The van der Waals surface area contributed by atoms with Gasteiger partial charge in [0.15, 0.2) is 0 Å². The van der Waals surface area contributed by atoms with Gasteiger partial charge in [-0.25, -0.2) is 0 Å². The van der Waals surface area contributed by atoms with Crippen molar-refractivity contribution in [2.45, 2.75) is 69.2 Å². The van der Waals surface area contributed by atoms with Crippen LogP contribution in [0.3, 0.4) is 0 Å². The van der Waals surface area contributed by atoms with E-state index in [2.05, 4.69) is 29.2 Å². The van der Waals surface area contributed by atoms with Gasteiger partial charge in [0.1, 0.15) is 11.9 Å². The second-order valence-corrected chi connectivity index (χ2v) is 8.54. The molecular weight excluding hydrogens is 348 g/mol. The van der Waals surface area contributed by atoms with Crippen molar-refractivity contribution in [2.24, 2.45) is 5.73 Å². The van der Waals surface area contributed by atoms with Crippen LogP contribution >= 0.6 is 0 Å². The number of carbonyl (C=O) groups excluding carboxylic acids is 1. The minimum Gasteiger partial charge on any atom is -0.490 e. The molecule has 0 spiro atoms. The maximum absolute atomic E-state index is 11.4. The number of ether oxygens (including phenoxy) is 1. The Labute approximate surface area is 166 Å². The summed E-state index contributed by atoms with van der Waals surface area (Å²) in [5.74, 6) is 0.355. The summed E-state index contributed by atoms with van der Waals surface area (Å²) >= 11 is 0. The third-order valence-electron chi connectivity index (χ3n) is 6.87. The zero-order valence-corrected chi connectivity index (χ0v) is 16.2. The average Bonchev–Trinajstić information content (AvgIpc) is 2.97. The molecule has 2 bridgehead atoms. The summed E-state index contributed by atoms with van der Waals surface area (Å²) in [6, 6.07) is 18.1. The van der Waals surface area contributed by atoms with Crippen molar-refractivity contribution in [2.75, 3.05) is 0 Å². The Morgan fingerprint density at radius 3 is 2.57 bits per heavy atom. The van der Waals surface area contributed by atoms with Crippen molar-refractivity contribution in [3.8, 4) is 5.75 Å². The highest BCUT2D eigenvalue weighted by Gasteiger charge is 2.45. The smallest absolute Gasteiger partial charge is 0.248 e. The number of nitrogens with zero attached hydrogens (tertiary/aromatic N) is 1. The molecule has 1 aliphatic carbocycles. The molecule has 5 rings (SSSR count). The lowest BCUT2D eigenvalue weighted by molar-refractivity contribution is 0.0156. The highest BCUT2D eigenvalue weighted by atomic mass is 16.5. The monoisotopic (exact) mass is 376 g/mol. The quantitative estimate of drug-likeness (QED) is 0.868. The van der Waals surface area contributed by atoms with Gasteiger partial charge in [0.2, 0.25) is 5.91 Å². The van der Waals surface area contributed by atoms with E-state index >= 15 is 0 Å². The van der Waals surface area contributed by atoms with E-state index < -0.39 is 5.91 Å². The van der Waals surface area contributed by atoms with Gasteiger partial charge in [-0.15, -0.1) is 0 Å². The number of carbonyl (C=O) groups is 1. The first-order chi connectivity index (χ1) is 13.7. The summed E-state index contributed by atoms with van der Waals surface area (Å²) in [6.07, 6.45) is 8.67. The molecule has 0 radical (unpaired) electrons. The van der Waals surface area contributed by atoms with Gasteiger partial charge in [-0.05, 0) is 74.3 Å². The highest BCUT2D eigenvalue weighted by Crippen LogP contribution is 2.46. The van der Waals surface area contributed by atoms with Gasteiger partial charge in [-0.1, -0.05) is 30.3 Å². The minimum absolute atomic E-state index is 0.218. The van der Waals surface area contributed by atoms with Crippen LogP contribution in [0.15, 0.2) is 48.5 Å². The molecule has 2 unspecified atom stereocenters. The normalized spacial score (nSPS) is 29.3. The molecule has 2 aromatic carbocycles. The number of benzene rings is 2. The van der Waals surface area contributed by atoms with E-state index in [1.165, 1.54) is 32.1 Å². The molecule has 2 aliphatic heterocycles. The summed E-state index contributed by atoms with van der Waals surface area (Å²) < 4.78 is 6.30. The number of fused-ring (bicyclic) bond motifs is 3. The number of nitrogens with two attached hydrogens (primary N) is 1. The number of amides is 1. The van der Waals surface area contributed by atoms with E-state index in [1.807, 2.05) is 12.1 Å². The van der Waals surface area contributed by atoms with E-state index in [1.54, 1.807) is 23.3 Å². The summed E-state index contributed by atoms with van der Waals surface area (Å²) in [6.45, 7) is 0. The van der Waals surface area contributed by atoms with Crippen molar-refractivity contribution >= 4 is 5.91 Å². The number of hydrogen-bond donors (Lipinski definition) is 1. The Morgan fingerprint density at radius 1 is 1.00 bits per heavy atom. The van der Waals surface area contributed by atoms with Crippen LogP contribution in [0, 0.1) is 0 Å². The van der Waals surface area contributed by atoms with Gasteiger partial charge < -0.3 is 10.5 Å². The molecule has 0 aromatic heterocycles. The first kappa shape index (κ1) is 17.7. The van der Waals surface area contributed by atoms with Crippen LogP contribution in [0.25, 0.3) is 0 Å². The van der Waals surface area contributed by atoms with Gasteiger partial charge in [0, 0.05) is 23.7 Å². The molecule has 28 heavy (non-hydrogen) atoms. The molecule has 146 valence electrons. The molecule has 2 N–H and O–H groups in total. The summed E-state index contributed by atoms with van der Waals surface area (Å²) in [7, 11) is 0. The average molecular weight is 377 g/mol. The molecule has 2 aromatic rings. The number of hydrogen-bond acceptors (Lipinski definition) is 3. The van der Waals surface area contributed by atoms with E-state index in [-0.39, 0.29) is 6.10 Å². The Bertz CT molecular complexity index is 866. The number of aryl methyl sites for hydroxylation is 1. The van der Waals surface area contributed by atoms with Gasteiger partial charge in [0.25, 0.3) is 0 Å². The summed E-state index contributed by atoms with van der Waals surface area (Å²) in [5, 5.41) is 0. The number of primary amides is 1. The predicted molar refractivity (Wildman–Crippen MR) is 109 cm³/mol. The zero-order chi connectivity index (χ0) is 19.1. The lowest BCUT2D eigenvalue weighted by atomic mass is 9.84. The summed E-state index contributed by atoms with van der Waals surface area (Å²) in [4.78, 5) is 14.3. The Balaban J connectivity index is 1.32. The van der Waals surface area contributed by atoms with Crippen molar-refractivity contribution in [1.29, 1.82) is 0 Å². The van der Waals surface area contributed by atoms with Crippen LogP contribution in [-0.2, 0) is 6.42 Å². The molecule has 1 amide bonds. The minimum atomic E-state index is -0.406. The van der Waals surface area contributed by atoms with Gasteiger partial charge >= 0.3 is 0 Å². The first-order valence-corrected chi connectivity index (χ1v) is 10.6. The van der Waals surface area contributed by atoms with E-state index in [4.69, 9.17) is 10.5 Å². The fourth-order valence-corrected chi connectivity index (χ4v) is 5.72. The Kier molecular flexibility index (Phi) is 4.59. The lowest BCUT2D eigenvalue weighted by Gasteiger charge is -2.45. The van der Waals surface area contributed by atoms with Crippen LogP contribution in [0.2, 0.25) is 0 Å². The van der Waals surface area contributed by atoms with Crippen LogP contribution < -0.4 is 10.5 Å². The molecule has 3 aliphatic rings. The third-order valence-corrected chi connectivity index (χ3v) is 6.87. The largest absolute Gasteiger partial charge is 0.490 e. The van der Waals surface area contributed by atoms with E-state index in [9.17, 15) is 4.79 Å². The van der Waals surface area contributed by atoms with Crippen LogP contribution in [0.1, 0.15) is 66.1 Å². The zero-order valence-electron chi connectivity index (χ0n) is 16.2. The molecule has 0 saturated carbocycles. The number of piperidine rings is 1. The van der Waals surface area contributed by atoms with Gasteiger partial charge in [-0.3, -0.25) is 9.69 Å². The SMILES string of the molecule is NC(=O)c1cccc(OC2C[C@H]3CC[C@@H](C2)N3C2CCCc3ccccc32)c1. The predicted octanol–water partition coefficient (Wildman–Crippen LogP) is 4.24. The number of rotatable bonds is 4. The highest BCUT2D eigenvalue weighted by molar-refractivity contribution is 5.93. The molecule has 2 saturated heterocycles. The molecule has 2 heterocycles. The second kappa shape index (κ2) is 7.25.